The average molecular weight is 602 g/mol. The normalized spacial score (nSPS) is 20.1. The van der Waals surface area contributed by atoms with E-state index in [0.29, 0.717) is 0 Å². The Morgan fingerprint density at radius 2 is 0.956 bits per heavy atom. The molecule has 9 aromatic rings. The fraction of sp³-hybridized carbons (Fsp3) is 0.0233. The lowest BCUT2D eigenvalue weighted by Crippen LogP contribution is -1.99. The molecule has 2 heteroatoms. The predicted molar refractivity (Wildman–Crippen MR) is 191 cm³/mol. The third-order valence-electron chi connectivity index (χ3n) is 7.35. The van der Waals surface area contributed by atoms with E-state index in [2.05, 4.69) is 0 Å². The van der Waals surface area contributed by atoms with Crippen LogP contribution in [0.2, 0.25) is 0 Å². The van der Waals surface area contributed by atoms with E-state index in [1.54, 1.807) is 0 Å². The summed E-state index contributed by atoms with van der Waals surface area (Å²) in [4.78, 5) is 0. The van der Waals surface area contributed by atoms with Crippen molar-refractivity contribution in [3.63, 3.8) is 0 Å². The van der Waals surface area contributed by atoms with Crippen LogP contribution in [0.4, 0.5) is 0 Å². The van der Waals surface area contributed by atoms with Crippen LogP contribution in [0.5, 0.6) is 0 Å². The first kappa shape index (κ1) is 10.4. The Hall–Kier alpha value is -5.86. The van der Waals surface area contributed by atoms with Crippen LogP contribution >= 0.6 is 0 Å². The Morgan fingerprint density at radius 1 is 0.400 bits per heavy atom. The summed E-state index contributed by atoms with van der Waals surface area (Å²) in [6.07, 6.45) is 0. The predicted octanol–water partition coefficient (Wildman–Crippen LogP) is 11.5. The van der Waals surface area contributed by atoms with E-state index in [9.17, 15) is 12.3 Å². The van der Waals surface area contributed by atoms with Crippen molar-refractivity contribution in [3.05, 3.63) is 169 Å². The zero-order valence-electron chi connectivity index (χ0n) is 49.9. The summed E-state index contributed by atoms with van der Waals surface area (Å²) in [5, 5.41) is -2.10. The highest BCUT2D eigenvalue weighted by Gasteiger charge is 2.20. The quantitative estimate of drug-likeness (QED) is 0.190. The number of nitrogens with zero attached hydrogens (tertiary/aromatic N) is 2. The smallest absolute Gasteiger partial charge is 0.0668 e. The van der Waals surface area contributed by atoms with Gasteiger partial charge in [0, 0.05) is 32.9 Å². The maximum atomic E-state index is 10.2. The molecule has 2 aromatic heterocycles. The summed E-state index contributed by atoms with van der Waals surface area (Å²) >= 11 is 0. The van der Waals surface area contributed by atoms with Crippen LogP contribution in [0.25, 0.3) is 77.2 Å². The van der Waals surface area contributed by atoms with Gasteiger partial charge in [0.05, 0.1) is 59.1 Å². The summed E-state index contributed by atoms with van der Waals surface area (Å²) < 4.78 is 243. The molecule has 2 heterocycles. The molecule has 7 aromatic carbocycles. The number of para-hydroxylation sites is 2. The highest BCUT2D eigenvalue weighted by molar-refractivity contribution is 6.19. The van der Waals surface area contributed by atoms with Crippen molar-refractivity contribution in [2.75, 3.05) is 0 Å². The molecule has 0 aliphatic heterocycles. The molecule has 0 N–H and O–H groups in total. The largest absolute Gasteiger partial charge is 0.309 e. The van der Waals surface area contributed by atoms with E-state index >= 15 is 0 Å². The van der Waals surface area contributed by atoms with Gasteiger partial charge in [-0.25, -0.2) is 0 Å². The van der Waals surface area contributed by atoms with Gasteiger partial charge in [0.15, 0.2) is 0 Å². The Kier molecular flexibility index (Phi) is 2.33. The van der Waals surface area contributed by atoms with Crippen LogP contribution in [0.15, 0.2) is 163 Å². The third kappa shape index (κ3) is 3.96. The molecule has 9 rings (SSSR count). The summed E-state index contributed by atoms with van der Waals surface area (Å²) in [5.41, 5.74) is -6.83. The van der Waals surface area contributed by atoms with E-state index in [-0.39, 0.29) is 5.56 Å². The van der Waals surface area contributed by atoms with Gasteiger partial charge in [0.1, 0.15) is 0 Å². The molecule has 0 atom stereocenters. The van der Waals surface area contributed by atoms with E-state index in [1.165, 1.54) is 6.92 Å². The molecule has 212 valence electrons. The van der Waals surface area contributed by atoms with Crippen LogP contribution in [-0.2, 0) is 0 Å². The molecule has 2 nitrogen and oxygen atoms in total. The maximum Gasteiger partial charge on any atom is 0.0668 e. The fourth-order valence-corrected chi connectivity index (χ4v) is 5.41. The Bertz CT molecular complexity index is 3760. The van der Waals surface area contributed by atoms with Crippen molar-refractivity contribution >= 4 is 43.6 Å². The number of hydrogen-bond donors (Lipinski definition) is 0. The van der Waals surface area contributed by atoms with Gasteiger partial charge in [-0.1, -0.05) is 121 Å². The fourth-order valence-electron chi connectivity index (χ4n) is 5.41. The molecule has 0 aliphatic carbocycles. The number of rotatable bonds is 4. The highest BCUT2D eigenvalue weighted by Crippen LogP contribution is 2.41. The second kappa shape index (κ2) is 10.1. The van der Waals surface area contributed by atoms with Crippen LogP contribution < -0.4 is 0 Å². The summed E-state index contributed by atoms with van der Waals surface area (Å²) in [7, 11) is 0. The molecular formula is C43H30N2. The summed E-state index contributed by atoms with van der Waals surface area (Å²) in [5.74, 6) is 0. The molecule has 0 fully saturated rings. The lowest BCUT2D eigenvalue weighted by molar-refractivity contribution is 1.14. The first-order chi connectivity index (χ1) is 33.5. The second-order valence-corrected chi connectivity index (χ2v) is 9.76. The van der Waals surface area contributed by atoms with Crippen molar-refractivity contribution in [2.45, 2.75) is 6.92 Å². The van der Waals surface area contributed by atoms with E-state index in [1.807, 2.05) is 0 Å². The first-order valence-electron chi connectivity index (χ1n) is 26.8. The minimum atomic E-state index is -1.02. The van der Waals surface area contributed by atoms with E-state index in [4.69, 9.17) is 24.7 Å². The lowest BCUT2D eigenvalue weighted by atomic mass is 9.99. The highest BCUT2D eigenvalue weighted by atomic mass is 15.0. The van der Waals surface area contributed by atoms with Gasteiger partial charge >= 0.3 is 0 Å². The topological polar surface area (TPSA) is 9.86 Å². The Morgan fingerprint density at radius 3 is 1.67 bits per heavy atom. The summed E-state index contributed by atoms with van der Waals surface area (Å²) in [6.45, 7) is 1.23. The van der Waals surface area contributed by atoms with Gasteiger partial charge in [-0.3, -0.25) is 0 Å². The van der Waals surface area contributed by atoms with Gasteiger partial charge in [0.25, 0.3) is 0 Å². The number of aromatic nitrogens is 2. The molecule has 0 unspecified atom stereocenters. The molecule has 0 bridgehead atoms. The Labute approximate surface area is 300 Å². The van der Waals surface area contributed by atoms with Gasteiger partial charge in [-0.2, -0.15) is 0 Å². The maximum absolute atomic E-state index is 10.2. The van der Waals surface area contributed by atoms with Crippen LogP contribution in [0.1, 0.15) is 42.6 Å². The van der Waals surface area contributed by atoms with Crippen molar-refractivity contribution < 1.29 is 37.0 Å². The minimum Gasteiger partial charge on any atom is -0.309 e. The van der Waals surface area contributed by atoms with E-state index in [0.717, 1.165) is 9.13 Å². The number of benzene rings is 7. The molecule has 0 radical (unpaired) electrons. The van der Waals surface area contributed by atoms with Crippen molar-refractivity contribution in [1.29, 1.82) is 0 Å². The molecule has 45 heavy (non-hydrogen) atoms. The van der Waals surface area contributed by atoms with Crippen LogP contribution in [-0.4, -0.2) is 9.13 Å². The van der Waals surface area contributed by atoms with Crippen molar-refractivity contribution in [1.82, 2.24) is 9.13 Å². The SMILES string of the molecule is [2H]c1c([2H])c([2H])c(-c2c([2H])c([2H])c([2H])c(-n3c4c([2H])c([2H])c([2H])c([2H])c4c4c([2H])c5c6c([2H])c([2H])c([2H])c([2H])c6n(-c6c([2H])c([2H])c([2H])c(-c7c([2H])c([2H])c([2H])c([2H])c7[2H])c6C)c5c([2H])c43)c2[2H])c([2H])c1[2H]. The van der Waals surface area contributed by atoms with Crippen LogP contribution in [0, 0.1) is 6.92 Å². The monoisotopic (exact) mass is 601 g/mol. The zero-order valence-corrected chi connectivity index (χ0v) is 22.9. The standard InChI is InChI=1S/C43H30N2/c1-29-34(31-16-6-3-7-17-31)22-13-25-39(29)45-41-24-11-9-21-36(41)38-27-37-35-20-8-10-23-40(35)44(42(37)28-43(38)45)33-19-12-18-32(26-33)30-14-4-2-5-15-30/h2-28H,1H3/i2D,3D,4D,5D,6D,7D,8D,9D,10D,11D,12D,13D,14D,15D,16D,17D,18D,19D,20D,21D,22D,23D,24D,25D,26D,27D,28D. The molecule has 0 spiro atoms. The minimum absolute atomic E-state index is 0.299. The molecule has 0 amide bonds. The molecular weight excluding hydrogens is 544 g/mol. The van der Waals surface area contributed by atoms with Gasteiger partial charge in [0.2, 0.25) is 0 Å². The molecule has 0 saturated heterocycles. The number of fused-ring (bicyclic) bond motifs is 6. The van der Waals surface area contributed by atoms with Crippen molar-refractivity contribution in [2.24, 2.45) is 0 Å². The second-order valence-electron chi connectivity index (χ2n) is 9.76. The van der Waals surface area contributed by atoms with Gasteiger partial charge < -0.3 is 9.13 Å². The average Bonchev–Trinajstić information content (AvgIpc) is 3.89. The van der Waals surface area contributed by atoms with Crippen molar-refractivity contribution in [3.8, 4) is 33.6 Å². The van der Waals surface area contributed by atoms with Crippen LogP contribution in [0.3, 0.4) is 0 Å². The summed E-state index contributed by atoms with van der Waals surface area (Å²) in [6, 6.07) is -23.9. The Balaban J connectivity index is 1.62. The van der Waals surface area contributed by atoms with Gasteiger partial charge in [-0.05, 0) is 77.0 Å². The van der Waals surface area contributed by atoms with E-state index < -0.39 is 240 Å². The number of hydrogen-bond acceptors (Lipinski definition) is 0. The molecule has 0 saturated carbocycles. The third-order valence-corrected chi connectivity index (χ3v) is 7.35. The molecule has 0 aliphatic rings. The zero-order chi connectivity index (χ0) is 53.4. The van der Waals surface area contributed by atoms with Gasteiger partial charge in [-0.15, -0.1) is 0 Å². The lowest BCUT2D eigenvalue weighted by Gasteiger charge is -2.15. The first-order valence-corrected chi connectivity index (χ1v) is 13.3.